The number of hydrogen-bond donors (Lipinski definition) is 2. The van der Waals surface area contributed by atoms with E-state index < -0.39 is 10.0 Å². The summed E-state index contributed by atoms with van der Waals surface area (Å²) in [6.45, 7) is 3.51. The lowest BCUT2D eigenvalue weighted by Gasteiger charge is -2.09. The van der Waals surface area contributed by atoms with Crippen molar-refractivity contribution in [2.45, 2.75) is 24.9 Å². The van der Waals surface area contributed by atoms with Crippen molar-refractivity contribution in [2.75, 3.05) is 6.54 Å². The average Bonchev–Trinajstić information content (AvgIpc) is 2.93. The van der Waals surface area contributed by atoms with Crippen LogP contribution in [-0.4, -0.2) is 15.0 Å². The molecule has 21 heavy (non-hydrogen) atoms. The Balaban J connectivity index is 2.12. The third-order valence-corrected chi connectivity index (χ3v) is 5.84. The van der Waals surface area contributed by atoms with Crippen LogP contribution in [0.2, 0.25) is 5.02 Å². The van der Waals surface area contributed by atoms with E-state index in [-0.39, 0.29) is 6.54 Å². The molecule has 0 spiro atoms. The molecule has 1 heterocycles. The van der Waals surface area contributed by atoms with Crippen molar-refractivity contribution in [1.29, 1.82) is 0 Å². The normalized spacial score (nSPS) is 11.7. The number of nitrogens with one attached hydrogen (secondary N) is 2. The third-order valence-electron chi connectivity index (χ3n) is 2.94. The molecule has 0 amide bonds. The Morgan fingerprint density at radius 3 is 2.67 bits per heavy atom. The second-order valence-electron chi connectivity index (χ2n) is 4.40. The molecule has 2 rings (SSSR count). The first-order chi connectivity index (χ1) is 10.0. The highest BCUT2D eigenvalue weighted by molar-refractivity contribution is 7.89. The summed E-state index contributed by atoms with van der Waals surface area (Å²) in [6.07, 6.45) is 0. The van der Waals surface area contributed by atoms with Gasteiger partial charge in [0.05, 0.1) is 4.90 Å². The Morgan fingerprint density at radius 2 is 1.95 bits per heavy atom. The van der Waals surface area contributed by atoms with Crippen LogP contribution >= 0.6 is 22.9 Å². The second-order valence-corrected chi connectivity index (χ2v) is 7.55. The predicted octanol–water partition coefficient (Wildman–Crippen LogP) is 2.99. The average molecular weight is 345 g/mol. The van der Waals surface area contributed by atoms with Crippen molar-refractivity contribution in [1.82, 2.24) is 10.0 Å². The number of sulfonamides is 1. The highest BCUT2D eigenvalue weighted by Crippen LogP contribution is 2.22. The lowest BCUT2D eigenvalue weighted by molar-refractivity contribution is 0.579. The quantitative estimate of drug-likeness (QED) is 0.811. The van der Waals surface area contributed by atoms with E-state index in [1.54, 1.807) is 23.6 Å². The third kappa shape index (κ3) is 4.28. The van der Waals surface area contributed by atoms with Gasteiger partial charge >= 0.3 is 0 Å². The van der Waals surface area contributed by atoms with Crippen molar-refractivity contribution >= 4 is 33.0 Å². The molecule has 0 saturated heterocycles. The van der Waals surface area contributed by atoms with E-state index in [2.05, 4.69) is 10.0 Å². The van der Waals surface area contributed by atoms with Crippen molar-refractivity contribution in [3.63, 3.8) is 0 Å². The molecule has 0 bridgehead atoms. The van der Waals surface area contributed by atoms with Crippen LogP contribution in [0.25, 0.3) is 0 Å². The topological polar surface area (TPSA) is 58.2 Å². The summed E-state index contributed by atoms with van der Waals surface area (Å²) in [5.41, 5.74) is 0.756. The second kappa shape index (κ2) is 7.38. The van der Waals surface area contributed by atoms with Crippen LogP contribution in [0.15, 0.2) is 40.6 Å². The van der Waals surface area contributed by atoms with Gasteiger partial charge in [0, 0.05) is 23.0 Å². The van der Waals surface area contributed by atoms with Crippen LogP contribution in [0.5, 0.6) is 0 Å². The molecule has 4 nitrogen and oxygen atoms in total. The molecule has 114 valence electrons. The molecule has 1 aromatic carbocycles. The van der Waals surface area contributed by atoms with Gasteiger partial charge in [-0.15, -0.1) is 11.3 Å². The van der Waals surface area contributed by atoms with Crippen molar-refractivity contribution in [3.8, 4) is 0 Å². The van der Waals surface area contributed by atoms with E-state index >= 15 is 0 Å². The van der Waals surface area contributed by atoms with Gasteiger partial charge in [-0.05, 0) is 29.6 Å². The molecular formula is C14H17ClN2O2S2. The van der Waals surface area contributed by atoms with Gasteiger partial charge in [0.1, 0.15) is 0 Å². The minimum atomic E-state index is -3.53. The number of hydrogen-bond acceptors (Lipinski definition) is 4. The Hall–Kier alpha value is -0.920. The van der Waals surface area contributed by atoms with Gasteiger partial charge in [-0.3, -0.25) is 0 Å². The number of halogens is 1. The predicted molar refractivity (Wildman–Crippen MR) is 87.2 cm³/mol. The van der Waals surface area contributed by atoms with Gasteiger partial charge < -0.3 is 5.32 Å². The van der Waals surface area contributed by atoms with E-state index in [0.29, 0.717) is 16.5 Å². The maximum absolute atomic E-state index is 12.4. The molecule has 2 aromatic rings. The molecule has 0 aliphatic heterocycles. The zero-order chi connectivity index (χ0) is 15.3. The first-order valence-electron chi connectivity index (χ1n) is 6.54. The lowest BCUT2D eigenvalue weighted by Crippen LogP contribution is -2.24. The van der Waals surface area contributed by atoms with Gasteiger partial charge in [0.15, 0.2) is 0 Å². The number of benzene rings is 1. The summed E-state index contributed by atoms with van der Waals surface area (Å²) >= 11 is 7.47. The van der Waals surface area contributed by atoms with Crippen molar-refractivity contribution in [3.05, 3.63) is 51.2 Å². The van der Waals surface area contributed by atoms with Crippen LogP contribution < -0.4 is 10.0 Å². The standard InChI is InChI=1S/C14H17ClN2O2S2/c1-2-16-10-13-14(7-8-20-13)21(18,19)17-9-11-5-3-4-6-12(11)15/h3-8,16-17H,2,9-10H2,1H3. The monoisotopic (exact) mass is 344 g/mol. The molecule has 0 radical (unpaired) electrons. The number of thiophene rings is 1. The zero-order valence-electron chi connectivity index (χ0n) is 11.6. The lowest BCUT2D eigenvalue weighted by atomic mass is 10.2. The first kappa shape index (κ1) is 16.5. The van der Waals surface area contributed by atoms with Gasteiger partial charge in [0.2, 0.25) is 10.0 Å². The van der Waals surface area contributed by atoms with E-state index in [9.17, 15) is 8.42 Å². The highest BCUT2D eigenvalue weighted by Gasteiger charge is 2.19. The summed E-state index contributed by atoms with van der Waals surface area (Å²) in [6, 6.07) is 8.82. The molecule has 0 unspecified atom stereocenters. The van der Waals surface area contributed by atoms with Gasteiger partial charge in [-0.2, -0.15) is 0 Å². The highest BCUT2D eigenvalue weighted by atomic mass is 35.5. The summed E-state index contributed by atoms with van der Waals surface area (Å²) in [4.78, 5) is 1.14. The fourth-order valence-corrected chi connectivity index (χ4v) is 4.45. The molecule has 0 aliphatic carbocycles. The zero-order valence-corrected chi connectivity index (χ0v) is 14.0. The van der Waals surface area contributed by atoms with Crippen LogP contribution in [0, 0.1) is 0 Å². The summed E-state index contributed by atoms with van der Waals surface area (Å²) in [5.74, 6) is 0. The Kier molecular flexibility index (Phi) is 5.78. The maximum Gasteiger partial charge on any atom is 0.242 e. The van der Waals surface area contributed by atoms with Crippen LogP contribution in [-0.2, 0) is 23.1 Å². The smallest absolute Gasteiger partial charge is 0.242 e. The van der Waals surface area contributed by atoms with Gasteiger partial charge in [0.25, 0.3) is 0 Å². The minimum absolute atomic E-state index is 0.179. The number of rotatable bonds is 7. The summed E-state index contributed by atoms with van der Waals surface area (Å²) < 4.78 is 27.4. The first-order valence-corrected chi connectivity index (χ1v) is 9.29. The molecule has 0 atom stereocenters. The van der Waals surface area contributed by atoms with Crippen LogP contribution in [0.1, 0.15) is 17.4 Å². The molecule has 2 N–H and O–H groups in total. The minimum Gasteiger partial charge on any atom is -0.312 e. The van der Waals surface area contributed by atoms with Crippen molar-refractivity contribution < 1.29 is 8.42 Å². The molecular weight excluding hydrogens is 328 g/mol. The largest absolute Gasteiger partial charge is 0.312 e. The fourth-order valence-electron chi connectivity index (χ4n) is 1.83. The van der Waals surface area contributed by atoms with Crippen LogP contribution in [0.3, 0.4) is 0 Å². The van der Waals surface area contributed by atoms with Crippen molar-refractivity contribution in [2.24, 2.45) is 0 Å². The Morgan fingerprint density at radius 1 is 1.19 bits per heavy atom. The van der Waals surface area contributed by atoms with Gasteiger partial charge in [-0.1, -0.05) is 36.7 Å². The van der Waals surface area contributed by atoms with E-state index in [4.69, 9.17) is 11.6 Å². The Bertz CT molecular complexity index is 699. The SMILES string of the molecule is CCNCc1sccc1S(=O)(=O)NCc1ccccc1Cl. The summed E-state index contributed by atoms with van der Waals surface area (Å²) in [5, 5.41) is 5.49. The fraction of sp³-hybridized carbons (Fsp3) is 0.286. The van der Waals surface area contributed by atoms with Crippen LogP contribution in [0.4, 0.5) is 0 Å². The molecule has 1 aromatic heterocycles. The Labute approximate surface area is 134 Å². The molecule has 0 fully saturated rings. The summed E-state index contributed by atoms with van der Waals surface area (Å²) in [7, 11) is -3.53. The van der Waals surface area contributed by atoms with E-state index in [0.717, 1.165) is 17.0 Å². The maximum atomic E-state index is 12.4. The molecule has 0 saturated carbocycles. The molecule has 0 aliphatic rings. The van der Waals surface area contributed by atoms with E-state index in [1.165, 1.54) is 11.3 Å². The van der Waals surface area contributed by atoms with E-state index in [1.807, 2.05) is 19.1 Å². The van der Waals surface area contributed by atoms with Gasteiger partial charge in [-0.25, -0.2) is 13.1 Å². The molecule has 7 heteroatoms.